The Morgan fingerprint density at radius 2 is 2.10 bits per heavy atom. The number of benzene rings is 1. The maximum Gasteiger partial charge on any atom is 0.255 e. The Kier molecular flexibility index (Phi) is 4.69. The van der Waals surface area contributed by atoms with E-state index in [-0.39, 0.29) is 11.9 Å². The van der Waals surface area contributed by atoms with Crippen LogP contribution in [0.5, 0.6) is 0 Å². The Morgan fingerprint density at radius 3 is 2.65 bits per heavy atom. The number of hydrogen-bond donors (Lipinski definition) is 0. The van der Waals surface area contributed by atoms with Crippen LogP contribution in [0, 0.1) is 6.92 Å². The van der Waals surface area contributed by atoms with Gasteiger partial charge in [0.2, 0.25) is 0 Å². The van der Waals surface area contributed by atoms with Crippen molar-refractivity contribution < 1.29 is 4.79 Å². The Labute approximate surface area is 122 Å². The van der Waals surface area contributed by atoms with E-state index in [0.29, 0.717) is 0 Å². The minimum Gasteiger partial charge on any atom is -0.371 e. The molecule has 1 aromatic rings. The summed E-state index contributed by atoms with van der Waals surface area (Å²) in [5.41, 5.74) is 3.20. The van der Waals surface area contributed by atoms with Gasteiger partial charge in [0.15, 0.2) is 0 Å². The van der Waals surface area contributed by atoms with Crippen molar-refractivity contribution in [3.8, 4) is 0 Å². The second-order valence-electron chi connectivity index (χ2n) is 5.87. The molecule has 110 valence electrons. The quantitative estimate of drug-likeness (QED) is 0.821. The average molecular weight is 274 g/mol. The zero-order valence-corrected chi connectivity index (χ0v) is 13.1. The van der Waals surface area contributed by atoms with Crippen LogP contribution in [0.2, 0.25) is 0 Å². The van der Waals surface area contributed by atoms with Crippen LogP contribution in [0.25, 0.3) is 0 Å². The molecule has 3 heteroatoms. The third kappa shape index (κ3) is 2.82. The van der Waals surface area contributed by atoms with E-state index in [1.165, 1.54) is 12.0 Å². The molecule has 1 heterocycles. The van der Waals surface area contributed by atoms with E-state index in [9.17, 15) is 4.79 Å². The van der Waals surface area contributed by atoms with Gasteiger partial charge >= 0.3 is 0 Å². The maximum absolute atomic E-state index is 12.8. The molecule has 0 saturated carbocycles. The van der Waals surface area contributed by atoms with Gasteiger partial charge in [-0.3, -0.25) is 4.79 Å². The second-order valence-corrected chi connectivity index (χ2v) is 5.87. The van der Waals surface area contributed by atoms with Gasteiger partial charge in [0.05, 0.1) is 11.3 Å². The van der Waals surface area contributed by atoms with Crippen LogP contribution in [0.4, 0.5) is 5.69 Å². The van der Waals surface area contributed by atoms with E-state index in [1.807, 2.05) is 24.1 Å². The van der Waals surface area contributed by atoms with E-state index in [4.69, 9.17) is 0 Å². The highest BCUT2D eigenvalue weighted by Gasteiger charge is 2.25. The monoisotopic (exact) mass is 274 g/mol. The number of carbonyl (C=O) groups is 1. The molecule has 20 heavy (non-hydrogen) atoms. The zero-order valence-electron chi connectivity index (χ0n) is 13.1. The largest absolute Gasteiger partial charge is 0.371 e. The summed E-state index contributed by atoms with van der Waals surface area (Å²) < 4.78 is 0. The normalized spacial score (nSPS) is 15.7. The lowest BCUT2D eigenvalue weighted by molar-refractivity contribution is 0.0737. The summed E-state index contributed by atoms with van der Waals surface area (Å²) in [7, 11) is 1.92. The Hall–Kier alpha value is -1.51. The predicted molar refractivity (Wildman–Crippen MR) is 84.5 cm³/mol. The van der Waals surface area contributed by atoms with Gasteiger partial charge in [0.1, 0.15) is 0 Å². The van der Waals surface area contributed by atoms with Crippen molar-refractivity contribution in [2.24, 2.45) is 0 Å². The molecule has 1 fully saturated rings. The first-order valence-electron chi connectivity index (χ1n) is 7.68. The molecular weight excluding hydrogens is 248 g/mol. The Balaban J connectivity index is 2.27. The summed E-state index contributed by atoms with van der Waals surface area (Å²) in [4.78, 5) is 17.0. The highest BCUT2D eigenvalue weighted by atomic mass is 16.2. The lowest BCUT2D eigenvalue weighted by atomic mass is 10.0. The molecule has 1 atom stereocenters. The van der Waals surface area contributed by atoms with E-state index in [2.05, 4.69) is 31.7 Å². The summed E-state index contributed by atoms with van der Waals surface area (Å²) in [6, 6.07) is 6.35. The van der Waals surface area contributed by atoms with Gasteiger partial charge in [-0.05, 0) is 38.3 Å². The smallest absolute Gasteiger partial charge is 0.255 e. The van der Waals surface area contributed by atoms with Gasteiger partial charge in [0.25, 0.3) is 5.91 Å². The number of aryl methyl sites for hydroxylation is 1. The van der Waals surface area contributed by atoms with Gasteiger partial charge in [0, 0.05) is 26.2 Å². The van der Waals surface area contributed by atoms with Crippen molar-refractivity contribution in [3.05, 3.63) is 29.3 Å². The van der Waals surface area contributed by atoms with Crippen LogP contribution >= 0.6 is 0 Å². The number of para-hydroxylation sites is 1. The first kappa shape index (κ1) is 14.9. The number of nitrogens with zero attached hydrogens (tertiary/aromatic N) is 2. The molecule has 0 aromatic heterocycles. The molecule has 1 unspecified atom stereocenters. The third-order valence-corrected chi connectivity index (χ3v) is 4.33. The van der Waals surface area contributed by atoms with Crippen molar-refractivity contribution in [3.63, 3.8) is 0 Å². The minimum atomic E-state index is 0.150. The number of carbonyl (C=O) groups excluding carboxylic acids is 1. The molecule has 0 bridgehead atoms. The molecule has 1 amide bonds. The van der Waals surface area contributed by atoms with E-state index < -0.39 is 0 Å². The molecule has 0 aliphatic carbocycles. The lowest BCUT2D eigenvalue weighted by Gasteiger charge is -2.36. The highest BCUT2D eigenvalue weighted by Crippen LogP contribution is 2.30. The number of anilines is 1. The van der Waals surface area contributed by atoms with Crippen LogP contribution in [0.3, 0.4) is 0 Å². The fraction of sp³-hybridized carbons (Fsp3) is 0.588. The molecular formula is C17H26N2O. The average Bonchev–Trinajstić information content (AvgIpc) is 2.37. The van der Waals surface area contributed by atoms with Gasteiger partial charge in [-0.15, -0.1) is 0 Å². The molecule has 1 aliphatic rings. The molecule has 0 radical (unpaired) electrons. The molecule has 0 spiro atoms. The summed E-state index contributed by atoms with van der Waals surface area (Å²) in [5, 5.41) is 0. The molecule has 1 aliphatic heterocycles. The molecule has 1 saturated heterocycles. The van der Waals surface area contributed by atoms with Crippen molar-refractivity contribution in [2.75, 3.05) is 25.0 Å². The van der Waals surface area contributed by atoms with Crippen LogP contribution in [-0.2, 0) is 0 Å². The molecule has 1 aromatic carbocycles. The van der Waals surface area contributed by atoms with E-state index in [0.717, 1.165) is 37.2 Å². The minimum absolute atomic E-state index is 0.150. The van der Waals surface area contributed by atoms with Crippen LogP contribution in [0.15, 0.2) is 18.2 Å². The van der Waals surface area contributed by atoms with Crippen molar-refractivity contribution in [2.45, 2.75) is 46.1 Å². The van der Waals surface area contributed by atoms with Gasteiger partial charge < -0.3 is 9.80 Å². The van der Waals surface area contributed by atoms with Gasteiger partial charge in [-0.25, -0.2) is 0 Å². The fourth-order valence-electron chi connectivity index (χ4n) is 2.79. The maximum atomic E-state index is 12.8. The van der Waals surface area contributed by atoms with Crippen molar-refractivity contribution in [1.82, 2.24) is 4.90 Å². The van der Waals surface area contributed by atoms with Crippen molar-refractivity contribution >= 4 is 11.6 Å². The van der Waals surface area contributed by atoms with Crippen LogP contribution in [0.1, 0.15) is 49.0 Å². The van der Waals surface area contributed by atoms with Gasteiger partial charge in [-0.2, -0.15) is 0 Å². The Morgan fingerprint density at radius 1 is 1.40 bits per heavy atom. The first-order valence-corrected chi connectivity index (χ1v) is 7.68. The van der Waals surface area contributed by atoms with E-state index in [1.54, 1.807) is 0 Å². The fourth-order valence-corrected chi connectivity index (χ4v) is 2.79. The third-order valence-electron chi connectivity index (χ3n) is 4.33. The summed E-state index contributed by atoms with van der Waals surface area (Å²) >= 11 is 0. The number of rotatable bonds is 5. The van der Waals surface area contributed by atoms with Crippen molar-refractivity contribution in [1.29, 1.82) is 0 Å². The number of amides is 1. The zero-order chi connectivity index (χ0) is 14.7. The summed E-state index contributed by atoms with van der Waals surface area (Å²) in [6.07, 6.45) is 3.38. The standard InChI is InChI=1S/C17H26N2O/c1-5-8-14(3)18(4)17(20)15-10-6-9-13(2)16(15)19-11-7-12-19/h6,9-10,14H,5,7-8,11-12H2,1-4H3. The second kappa shape index (κ2) is 6.29. The predicted octanol–water partition coefficient (Wildman–Crippen LogP) is 3.47. The molecule has 2 rings (SSSR count). The summed E-state index contributed by atoms with van der Waals surface area (Å²) in [6.45, 7) is 8.52. The van der Waals surface area contributed by atoms with Gasteiger partial charge in [-0.1, -0.05) is 25.5 Å². The topological polar surface area (TPSA) is 23.6 Å². The highest BCUT2D eigenvalue weighted by molar-refractivity contribution is 6.00. The van der Waals surface area contributed by atoms with Crippen LogP contribution < -0.4 is 4.90 Å². The molecule has 0 N–H and O–H groups in total. The summed E-state index contributed by atoms with van der Waals surface area (Å²) in [5.74, 6) is 0.150. The SMILES string of the molecule is CCCC(C)N(C)C(=O)c1cccc(C)c1N1CCC1. The van der Waals surface area contributed by atoms with Crippen LogP contribution in [-0.4, -0.2) is 37.0 Å². The Bertz CT molecular complexity index is 480. The number of hydrogen-bond acceptors (Lipinski definition) is 2. The lowest BCUT2D eigenvalue weighted by Crippen LogP contribution is -2.41. The van der Waals surface area contributed by atoms with E-state index >= 15 is 0 Å². The molecule has 3 nitrogen and oxygen atoms in total. The first-order chi connectivity index (χ1) is 9.56.